The zero-order valence-electron chi connectivity index (χ0n) is 13.5. The van der Waals surface area contributed by atoms with E-state index in [0.29, 0.717) is 18.0 Å². The number of carbonyl (C=O) groups is 1. The number of ether oxygens (including phenoxy) is 2. The van der Waals surface area contributed by atoms with Crippen LogP contribution in [0.2, 0.25) is 0 Å². The third-order valence-electron chi connectivity index (χ3n) is 5.10. The van der Waals surface area contributed by atoms with E-state index in [1.165, 1.54) is 12.0 Å². The molecular weight excluding hydrogens is 302 g/mol. The van der Waals surface area contributed by atoms with E-state index in [1.807, 2.05) is 30.3 Å². The summed E-state index contributed by atoms with van der Waals surface area (Å²) in [6.45, 7) is 0.901. The van der Waals surface area contributed by atoms with Crippen LogP contribution in [0.1, 0.15) is 24.8 Å². The fraction of sp³-hybridized carbons (Fsp3) is 0.350. The minimum atomic E-state index is -0.590. The van der Waals surface area contributed by atoms with Crippen LogP contribution in [-0.4, -0.2) is 25.2 Å². The van der Waals surface area contributed by atoms with Gasteiger partial charge in [-0.05, 0) is 30.5 Å². The van der Waals surface area contributed by atoms with E-state index in [9.17, 15) is 4.79 Å². The Hall–Kier alpha value is -2.49. The molecule has 0 bridgehead atoms. The van der Waals surface area contributed by atoms with Gasteiger partial charge in [-0.3, -0.25) is 4.79 Å². The van der Waals surface area contributed by atoms with Gasteiger partial charge in [-0.2, -0.15) is 0 Å². The van der Waals surface area contributed by atoms with Crippen molar-refractivity contribution in [3.05, 3.63) is 60.2 Å². The van der Waals surface area contributed by atoms with Crippen molar-refractivity contribution in [1.29, 1.82) is 0 Å². The molecule has 0 aromatic heterocycles. The zero-order chi connectivity index (χ0) is 16.4. The van der Waals surface area contributed by atoms with Gasteiger partial charge >= 0.3 is 0 Å². The first kappa shape index (κ1) is 15.1. The molecule has 2 aromatic carbocycles. The first-order chi connectivity index (χ1) is 11.8. The summed E-state index contributed by atoms with van der Waals surface area (Å²) in [6.07, 6.45) is 2.85. The lowest BCUT2D eigenvalue weighted by atomic mass is 9.64. The highest BCUT2D eigenvalue weighted by molar-refractivity contribution is 5.82. The van der Waals surface area contributed by atoms with Gasteiger partial charge < -0.3 is 14.8 Å². The number of fused-ring (bicyclic) bond motifs is 1. The SMILES string of the molecule is O=C(NCC1(c2ccccc2)CCC1)C1COc2ccccc2O1. The van der Waals surface area contributed by atoms with E-state index >= 15 is 0 Å². The van der Waals surface area contributed by atoms with Crippen LogP contribution in [-0.2, 0) is 10.2 Å². The minimum absolute atomic E-state index is 0.0738. The Labute approximate surface area is 141 Å². The Balaban J connectivity index is 1.40. The lowest BCUT2D eigenvalue weighted by molar-refractivity contribution is -0.130. The summed E-state index contributed by atoms with van der Waals surface area (Å²) in [5, 5.41) is 3.08. The molecule has 1 heterocycles. The minimum Gasteiger partial charge on any atom is -0.485 e. The predicted molar refractivity (Wildman–Crippen MR) is 91.3 cm³/mol. The van der Waals surface area contributed by atoms with E-state index < -0.39 is 6.10 Å². The van der Waals surface area contributed by atoms with Gasteiger partial charge in [-0.25, -0.2) is 0 Å². The van der Waals surface area contributed by atoms with Crippen molar-refractivity contribution >= 4 is 5.91 Å². The maximum absolute atomic E-state index is 12.5. The van der Waals surface area contributed by atoms with Crippen molar-refractivity contribution in [3.63, 3.8) is 0 Å². The summed E-state index contributed by atoms with van der Waals surface area (Å²) >= 11 is 0. The summed E-state index contributed by atoms with van der Waals surface area (Å²) in [7, 11) is 0. The van der Waals surface area contributed by atoms with Crippen molar-refractivity contribution in [1.82, 2.24) is 5.32 Å². The molecule has 2 aliphatic rings. The number of amides is 1. The molecule has 1 aliphatic carbocycles. The molecule has 24 heavy (non-hydrogen) atoms. The molecular formula is C20H21NO3. The number of hydrogen-bond donors (Lipinski definition) is 1. The Bertz CT molecular complexity index is 725. The monoisotopic (exact) mass is 323 g/mol. The molecule has 0 spiro atoms. The number of benzene rings is 2. The first-order valence-corrected chi connectivity index (χ1v) is 8.49. The van der Waals surface area contributed by atoms with Crippen LogP contribution >= 0.6 is 0 Å². The molecule has 2 aromatic rings. The predicted octanol–water partition coefficient (Wildman–Crippen LogP) is 3.06. The average Bonchev–Trinajstić information content (AvgIpc) is 2.61. The van der Waals surface area contributed by atoms with E-state index in [-0.39, 0.29) is 17.9 Å². The number of hydrogen-bond acceptors (Lipinski definition) is 3. The van der Waals surface area contributed by atoms with Gasteiger partial charge in [0.1, 0.15) is 6.61 Å². The van der Waals surface area contributed by atoms with E-state index in [4.69, 9.17) is 9.47 Å². The molecule has 1 aliphatic heterocycles. The summed E-state index contributed by atoms with van der Waals surface area (Å²) in [6, 6.07) is 17.9. The summed E-state index contributed by atoms with van der Waals surface area (Å²) in [5.74, 6) is 1.22. The fourth-order valence-corrected chi connectivity index (χ4v) is 3.48. The Morgan fingerprint density at radius 1 is 1.04 bits per heavy atom. The number of para-hydroxylation sites is 2. The second-order valence-corrected chi connectivity index (χ2v) is 6.58. The van der Waals surface area contributed by atoms with Crippen LogP contribution in [0.15, 0.2) is 54.6 Å². The molecule has 0 saturated heterocycles. The van der Waals surface area contributed by atoms with E-state index in [1.54, 1.807) is 0 Å². The highest BCUT2D eigenvalue weighted by Gasteiger charge is 2.39. The van der Waals surface area contributed by atoms with Gasteiger partial charge in [0.2, 0.25) is 6.10 Å². The standard InChI is InChI=1S/C20H21NO3/c22-19(18-13-23-16-9-4-5-10-17(16)24-18)21-14-20(11-6-12-20)15-7-2-1-3-8-15/h1-5,7-10,18H,6,11-14H2,(H,21,22). The van der Waals surface area contributed by atoms with Gasteiger partial charge in [0.05, 0.1) is 0 Å². The normalized spacial score (nSPS) is 20.8. The molecule has 124 valence electrons. The Kier molecular flexibility index (Phi) is 3.89. The molecule has 0 radical (unpaired) electrons. The maximum Gasteiger partial charge on any atom is 0.264 e. The molecule has 4 rings (SSSR count). The van der Waals surface area contributed by atoms with Crippen LogP contribution in [0.5, 0.6) is 11.5 Å². The highest BCUT2D eigenvalue weighted by Crippen LogP contribution is 2.43. The molecule has 4 heteroatoms. The van der Waals surface area contributed by atoms with Crippen LogP contribution in [0.3, 0.4) is 0 Å². The van der Waals surface area contributed by atoms with Gasteiger partial charge in [-0.15, -0.1) is 0 Å². The van der Waals surface area contributed by atoms with Gasteiger partial charge in [-0.1, -0.05) is 48.9 Å². The number of rotatable bonds is 4. The summed E-state index contributed by atoms with van der Waals surface area (Å²) < 4.78 is 11.4. The second-order valence-electron chi connectivity index (χ2n) is 6.58. The summed E-state index contributed by atoms with van der Waals surface area (Å²) in [5.41, 5.74) is 1.38. The third-order valence-corrected chi connectivity index (χ3v) is 5.10. The zero-order valence-corrected chi connectivity index (χ0v) is 13.5. The topological polar surface area (TPSA) is 47.6 Å². The first-order valence-electron chi connectivity index (χ1n) is 8.49. The maximum atomic E-state index is 12.5. The molecule has 1 saturated carbocycles. The molecule has 4 nitrogen and oxygen atoms in total. The Morgan fingerprint density at radius 2 is 1.75 bits per heavy atom. The summed E-state index contributed by atoms with van der Waals surface area (Å²) in [4.78, 5) is 12.5. The fourth-order valence-electron chi connectivity index (χ4n) is 3.48. The highest BCUT2D eigenvalue weighted by atomic mass is 16.6. The molecule has 1 atom stereocenters. The lowest BCUT2D eigenvalue weighted by Crippen LogP contribution is -2.50. The smallest absolute Gasteiger partial charge is 0.264 e. The van der Waals surface area contributed by atoms with Crippen LogP contribution in [0.25, 0.3) is 0 Å². The molecule has 1 unspecified atom stereocenters. The molecule has 1 amide bonds. The second kappa shape index (κ2) is 6.19. The van der Waals surface area contributed by atoms with Crippen molar-refractivity contribution in [2.45, 2.75) is 30.8 Å². The van der Waals surface area contributed by atoms with Crippen molar-refractivity contribution < 1.29 is 14.3 Å². The largest absolute Gasteiger partial charge is 0.485 e. The number of nitrogens with one attached hydrogen (secondary N) is 1. The van der Waals surface area contributed by atoms with Crippen molar-refractivity contribution in [2.24, 2.45) is 0 Å². The van der Waals surface area contributed by atoms with Crippen molar-refractivity contribution in [2.75, 3.05) is 13.2 Å². The van der Waals surface area contributed by atoms with E-state index in [0.717, 1.165) is 12.8 Å². The van der Waals surface area contributed by atoms with Crippen molar-refractivity contribution in [3.8, 4) is 11.5 Å². The number of carbonyl (C=O) groups excluding carboxylic acids is 1. The molecule has 1 fully saturated rings. The van der Waals surface area contributed by atoms with Crippen LogP contribution in [0.4, 0.5) is 0 Å². The van der Waals surface area contributed by atoms with Crippen LogP contribution in [0, 0.1) is 0 Å². The quantitative estimate of drug-likeness (QED) is 0.941. The van der Waals surface area contributed by atoms with Crippen LogP contribution < -0.4 is 14.8 Å². The third kappa shape index (κ3) is 2.73. The molecule has 1 N–H and O–H groups in total. The van der Waals surface area contributed by atoms with Gasteiger partial charge in [0.25, 0.3) is 5.91 Å². The lowest BCUT2D eigenvalue weighted by Gasteiger charge is -2.43. The van der Waals surface area contributed by atoms with Gasteiger partial charge in [0, 0.05) is 12.0 Å². The van der Waals surface area contributed by atoms with Gasteiger partial charge in [0.15, 0.2) is 11.5 Å². The van der Waals surface area contributed by atoms with E-state index in [2.05, 4.69) is 29.6 Å². The Morgan fingerprint density at radius 3 is 2.46 bits per heavy atom. The average molecular weight is 323 g/mol.